The summed E-state index contributed by atoms with van der Waals surface area (Å²) >= 11 is 1.76. The number of fused-ring (bicyclic) bond motifs is 1. The molecular formula is C22H23N3O2S. The molecule has 1 aromatic heterocycles. The number of carbonyl (C=O) groups excluding carboxylic acids is 1. The number of imidazole rings is 1. The number of hydrogen-bond donors (Lipinski definition) is 1. The lowest BCUT2D eigenvalue weighted by Gasteiger charge is -2.11. The topological polar surface area (TPSA) is 56.1 Å². The van der Waals surface area contributed by atoms with Crippen molar-refractivity contribution in [2.45, 2.75) is 31.5 Å². The van der Waals surface area contributed by atoms with Crippen molar-refractivity contribution in [1.82, 2.24) is 9.55 Å². The van der Waals surface area contributed by atoms with Gasteiger partial charge < -0.3 is 14.6 Å². The Kier molecular flexibility index (Phi) is 5.39. The third-order valence-electron chi connectivity index (χ3n) is 4.70. The van der Waals surface area contributed by atoms with Gasteiger partial charge in [-0.1, -0.05) is 55.9 Å². The highest BCUT2D eigenvalue weighted by Gasteiger charge is 2.17. The molecule has 28 heavy (non-hydrogen) atoms. The van der Waals surface area contributed by atoms with Gasteiger partial charge >= 0.3 is 0 Å². The molecule has 1 amide bonds. The number of aryl methyl sites for hydroxylation is 1. The number of ether oxygens (including phenoxy) is 1. The van der Waals surface area contributed by atoms with Crippen LogP contribution in [-0.2, 0) is 11.3 Å². The van der Waals surface area contributed by atoms with E-state index in [1.807, 2.05) is 54.7 Å². The van der Waals surface area contributed by atoms with Gasteiger partial charge in [0.25, 0.3) is 5.91 Å². The summed E-state index contributed by atoms with van der Waals surface area (Å²) in [5, 5.41) is 3.99. The van der Waals surface area contributed by atoms with E-state index in [0.29, 0.717) is 11.7 Å². The third kappa shape index (κ3) is 4.07. The van der Waals surface area contributed by atoms with Crippen molar-refractivity contribution in [3.8, 4) is 17.0 Å². The van der Waals surface area contributed by atoms with Gasteiger partial charge in [0.2, 0.25) is 0 Å². The van der Waals surface area contributed by atoms with Gasteiger partial charge in [0.1, 0.15) is 5.75 Å². The Morgan fingerprint density at radius 2 is 2.00 bits per heavy atom. The lowest BCUT2D eigenvalue weighted by atomic mass is 10.0. The summed E-state index contributed by atoms with van der Waals surface area (Å²) in [7, 11) is 0. The minimum absolute atomic E-state index is 0.0368. The van der Waals surface area contributed by atoms with Crippen LogP contribution in [0, 0.1) is 0 Å². The van der Waals surface area contributed by atoms with Crippen LogP contribution in [0.15, 0.2) is 59.9 Å². The summed E-state index contributed by atoms with van der Waals surface area (Å²) in [6.45, 7) is 5.23. The van der Waals surface area contributed by atoms with Gasteiger partial charge in [-0.15, -0.1) is 0 Å². The molecule has 1 aliphatic rings. The fourth-order valence-corrected chi connectivity index (χ4v) is 4.08. The maximum Gasteiger partial charge on any atom is 0.262 e. The van der Waals surface area contributed by atoms with E-state index in [0.717, 1.165) is 34.4 Å². The summed E-state index contributed by atoms with van der Waals surface area (Å²) in [5.41, 5.74) is 3.78. The molecule has 0 saturated carbocycles. The molecule has 2 aromatic carbocycles. The summed E-state index contributed by atoms with van der Waals surface area (Å²) in [6.07, 6.45) is 2.05. The zero-order valence-electron chi connectivity index (χ0n) is 16.0. The molecule has 0 bridgehead atoms. The highest BCUT2D eigenvalue weighted by atomic mass is 32.2. The first kappa shape index (κ1) is 18.6. The van der Waals surface area contributed by atoms with Crippen LogP contribution >= 0.6 is 11.8 Å². The summed E-state index contributed by atoms with van der Waals surface area (Å²) in [6, 6.07) is 15.6. The van der Waals surface area contributed by atoms with Crippen molar-refractivity contribution in [1.29, 1.82) is 0 Å². The second-order valence-electron chi connectivity index (χ2n) is 7.06. The van der Waals surface area contributed by atoms with E-state index < -0.39 is 0 Å². The minimum Gasteiger partial charge on any atom is -0.484 e. The van der Waals surface area contributed by atoms with Crippen LogP contribution in [0.1, 0.15) is 25.3 Å². The minimum atomic E-state index is -0.193. The van der Waals surface area contributed by atoms with E-state index in [1.54, 1.807) is 11.8 Å². The molecule has 2 heterocycles. The fraction of sp³-hybridized carbons (Fsp3) is 0.273. The molecule has 0 saturated heterocycles. The predicted molar refractivity (Wildman–Crippen MR) is 113 cm³/mol. The highest BCUT2D eigenvalue weighted by molar-refractivity contribution is 7.99. The first-order valence-corrected chi connectivity index (χ1v) is 10.4. The van der Waals surface area contributed by atoms with Gasteiger partial charge in [0.15, 0.2) is 11.8 Å². The van der Waals surface area contributed by atoms with Gasteiger partial charge in [0.05, 0.1) is 11.4 Å². The van der Waals surface area contributed by atoms with Gasteiger partial charge in [-0.25, -0.2) is 4.98 Å². The Balaban J connectivity index is 1.42. The van der Waals surface area contributed by atoms with Crippen molar-refractivity contribution in [2.24, 2.45) is 0 Å². The quantitative estimate of drug-likeness (QED) is 0.654. The molecule has 4 rings (SSSR count). The number of nitrogens with zero attached hydrogens (tertiary/aromatic N) is 2. The Hall–Kier alpha value is -2.73. The van der Waals surface area contributed by atoms with Gasteiger partial charge in [0, 0.05) is 24.1 Å². The monoisotopic (exact) mass is 393 g/mol. The van der Waals surface area contributed by atoms with Crippen LogP contribution in [0.4, 0.5) is 5.69 Å². The van der Waals surface area contributed by atoms with E-state index in [2.05, 4.69) is 28.7 Å². The number of benzene rings is 2. The van der Waals surface area contributed by atoms with Crippen LogP contribution in [0.2, 0.25) is 0 Å². The van der Waals surface area contributed by atoms with E-state index in [9.17, 15) is 4.79 Å². The van der Waals surface area contributed by atoms with Crippen molar-refractivity contribution < 1.29 is 9.53 Å². The molecule has 6 heteroatoms. The summed E-state index contributed by atoms with van der Waals surface area (Å²) in [5.74, 6) is 2.03. The van der Waals surface area contributed by atoms with Crippen LogP contribution in [0.3, 0.4) is 0 Å². The van der Waals surface area contributed by atoms with Crippen LogP contribution in [-0.4, -0.2) is 27.8 Å². The van der Waals surface area contributed by atoms with E-state index in [1.165, 1.54) is 5.56 Å². The molecule has 0 spiro atoms. The number of aromatic nitrogens is 2. The molecule has 0 radical (unpaired) electrons. The van der Waals surface area contributed by atoms with E-state index in [-0.39, 0.29) is 12.5 Å². The zero-order chi connectivity index (χ0) is 19.5. The van der Waals surface area contributed by atoms with Crippen molar-refractivity contribution >= 4 is 23.4 Å². The van der Waals surface area contributed by atoms with Gasteiger partial charge in [-0.3, -0.25) is 4.79 Å². The SMILES string of the molecule is CC(C)c1ccc(OCC(=O)Nc2ccccc2-c2cn3c(n2)SCC3)cc1. The molecule has 0 aliphatic carbocycles. The number of thioether (sulfide) groups is 1. The number of amides is 1. The zero-order valence-corrected chi connectivity index (χ0v) is 16.8. The molecule has 5 nitrogen and oxygen atoms in total. The molecule has 0 unspecified atom stereocenters. The van der Waals surface area contributed by atoms with Crippen LogP contribution in [0.5, 0.6) is 5.75 Å². The molecule has 144 valence electrons. The normalized spacial score (nSPS) is 12.8. The first-order valence-electron chi connectivity index (χ1n) is 9.42. The number of hydrogen-bond acceptors (Lipinski definition) is 4. The Bertz CT molecular complexity index is 958. The molecule has 0 atom stereocenters. The number of rotatable bonds is 6. The van der Waals surface area contributed by atoms with Crippen molar-refractivity contribution in [2.75, 3.05) is 17.7 Å². The predicted octanol–water partition coefficient (Wildman–Crippen LogP) is 4.80. The Labute approximate surface area is 169 Å². The second-order valence-corrected chi connectivity index (χ2v) is 8.12. The Morgan fingerprint density at radius 1 is 1.21 bits per heavy atom. The molecule has 3 aromatic rings. The Morgan fingerprint density at radius 3 is 2.75 bits per heavy atom. The summed E-state index contributed by atoms with van der Waals surface area (Å²) in [4.78, 5) is 17.1. The van der Waals surface area contributed by atoms with Crippen LogP contribution < -0.4 is 10.1 Å². The first-order chi connectivity index (χ1) is 13.6. The average Bonchev–Trinajstić information content (AvgIpc) is 3.29. The average molecular weight is 394 g/mol. The number of anilines is 1. The molecule has 0 fully saturated rings. The highest BCUT2D eigenvalue weighted by Crippen LogP contribution is 2.32. The molecule has 1 aliphatic heterocycles. The summed E-state index contributed by atoms with van der Waals surface area (Å²) < 4.78 is 7.79. The lowest BCUT2D eigenvalue weighted by Crippen LogP contribution is -2.20. The van der Waals surface area contributed by atoms with E-state index >= 15 is 0 Å². The number of para-hydroxylation sites is 1. The smallest absolute Gasteiger partial charge is 0.262 e. The van der Waals surface area contributed by atoms with Gasteiger partial charge in [-0.2, -0.15) is 0 Å². The fourth-order valence-electron chi connectivity index (χ4n) is 3.14. The number of carbonyl (C=O) groups is 1. The van der Waals surface area contributed by atoms with E-state index in [4.69, 9.17) is 4.74 Å². The molecule has 1 N–H and O–H groups in total. The maximum atomic E-state index is 12.4. The molecular weight excluding hydrogens is 370 g/mol. The lowest BCUT2D eigenvalue weighted by molar-refractivity contribution is -0.118. The van der Waals surface area contributed by atoms with Crippen molar-refractivity contribution in [3.63, 3.8) is 0 Å². The van der Waals surface area contributed by atoms with Gasteiger partial charge in [-0.05, 0) is 29.7 Å². The standard InChI is InChI=1S/C22H23N3O2S/c1-15(2)16-7-9-17(10-8-16)27-14-21(26)23-19-6-4-3-5-18(19)20-13-25-11-12-28-22(25)24-20/h3-10,13,15H,11-12,14H2,1-2H3,(H,23,26). The van der Waals surface area contributed by atoms with Crippen LogP contribution in [0.25, 0.3) is 11.3 Å². The third-order valence-corrected chi connectivity index (χ3v) is 5.67. The largest absolute Gasteiger partial charge is 0.484 e. The number of nitrogens with one attached hydrogen (secondary N) is 1. The maximum absolute atomic E-state index is 12.4. The van der Waals surface area contributed by atoms with Crippen molar-refractivity contribution in [3.05, 3.63) is 60.3 Å². The second kappa shape index (κ2) is 8.10.